The quantitative estimate of drug-likeness (QED) is 0.713. The molecule has 0 unspecified atom stereocenters. The maximum absolute atomic E-state index is 11.4. The maximum atomic E-state index is 11.4. The first-order chi connectivity index (χ1) is 8.58. The van der Waals surface area contributed by atoms with Crippen LogP contribution in [0.1, 0.15) is 11.3 Å². The minimum Gasteiger partial charge on any atom is -0.480 e. The number of thiophene rings is 1. The van der Waals surface area contributed by atoms with Crippen molar-refractivity contribution in [1.29, 1.82) is 0 Å². The summed E-state index contributed by atoms with van der Waals surface area (Å²) in [6, 6.07) is 1.84. The highest BCUT2D eigenvalue weighted by molar-refractivity contribution is 7.10. The van der Waals surface area contributed by atoms with E-state index in [-0.39, 0.29) is 19.1 Å². The highest BCUT2D eigenvalue weighted by atomic mass is 35.5. The first kappa shape index (κ1) is 14.9. The molecule has 5 nitrogen and oxygen atoms in total. The third-order valence-electron chi connectivity index (χ3n) is 2.01. The lowest BCUT2D eigenvalue weighted by molar-refractivity contribution is -0.142. The van der Waals surface area contributed by atoms with Gasteiger partial charge in [0.25, 0.3) is 0 Å². The number of halogens is 1. The van der Waals surface area contributed by atoms with Crippen molar-refractivity contribution < 1.29 is 19.4 Å². The first-order valence-electron chi connectivity index (χ1n) is 5.37. The normalized spacial score (nSPS) is 10.3. The Labute approximate surface area is 114 Å². The van der Waals surface area contributed by atoms with Crippen molar-refractivity contribution in [2.75, 3.05) is 19.8 Å². The summed E-state index contributed by atoms with van der Waals surface area (Å²) >= 11 is 7.29. The molecule has 0 aromatic carbocycles. The van der Waals surface area contributed by atoms with Gasteiger partial charge in [-0.25, -0.2) is 4.79 Å². The molecule has 0 aliphatic heterocycles. The van der Waals surface area contributed by atoms with E-state index in [2.05, 4.69) is 5.32 Å². The van der Waals surface area contributed by atoms with E-state index in [1.54, 1.807) is 0 Å². The molecule has 0 aliphatic carbocycles. The number of aliphatic carboxylic acids is 1. The lowest BCUT2D eigenvalue weighted by atomic mass is 10.2. The average molecular weight is 292 g/mol. The summed E-state index contributed by atoms with van der Waals surface area (Å²) in [5.41, 5.74) is 0. The van der Waals surface area contributed by atoms with Gasteiger partial charge in [0.2, 0.25) is 5.91 Å². The number of carbonyl (C=O) groups is 2. The molecule has 1 heterocycles. The molecule has 18 heavy (non-hydrogen) atoms. The zero-order valence-electron chi connectivity index (χ0n) is 9.65. The summed E-state index contributed by atoms with van der Waals surface area (Å²) in [6.45, 7) is 0.170. The summed E-state index contributed by atoms with van der Waals surface area (Å²) in [5, 5.41) is 13.5. The number of carboxylic acid groups (broad SMARTS) is 1. The molecular formula is C11H14ClNO4S. The van der Waals surface area contributed by atoms with Gasteiger partial charge in [-0.05, 0) is 12.5 Å². The SMILES string of the molecule is O=C(O)COCCNC(=O)CCc1cc(Cl)cs1. The van der Waals surface area contributed by atoms with Crippen LogP contribution in [0.3, 0.4) is 0 Å². The van der Waals surface area contributed by atoms with Gasteiger partial charge in [0.15, 0.2) is 0 Å². The fourth-order valence-electron chi connectivity index (χ4n) is 1.23. The zero-order chi connectivity index (χ0) is 13.4. The van der Waals surface area contributed by atoms with Crippen molar-refractivity contribution in [3.05, 3.63) is 21.3 Å². The van der Waals surface area contributed by atoms with Crippen molar-refractivity contribution in [2.24, 2.45) is 0 Å². The highest BCUT2D eigenvalue weighted by Gasteiger charge is 2.04. The molecule has 1 rings (SSSR count). The number of hydrogen-bond acceptors (Lipinski definition) is 4. The van der Waals surface area contributed by atoms with Gasteiger partial charge >= 0.3 is 5.97 Å². The van der Waals surface area contributed by atoms with Gasteiger partial charge in [0.05, 0.1) is 11.6 Å². The first-order valence-corrected chi connectivity index (χ1v) is 6.63. The van der Waals surface area contributed by atoms with Crippen molar-refractivity contribution in [3.8, 4) is 0 Å². The van der Waals surface area contributed by atoms with Gasteiger partial charge in [0, 0.05) is 23.2 Å². The number of amides is 1. The number of nitrogens with one attached hydrogen (secondary N) is 1. The smallest absolute Gasteiger partial charge is 0.329 e. The van der Waals surface area contributed by atoms with Gasteiger partial charge in [-0.3, -0.25) is 4.79 Å². The highest BCUT2D eigenvalue weighted by Crippen LogP contribution is 2.20. The van der Waals surface area contributed by atoms with E-state index in [4.69, 9.17) is 21.4 Å². The average Bonchev–Trinajstić information content (AvgIpc) is 2.71. The molecule has 0 spiro atoms. The predicted octanol–water partition coefficient (Wildman–Crippen LogP) is 1.55. The molecule has 0 saturated heterocycles. The fourth-order valence-corrected chi connectivity index (χ4v) is 2.31. The molecule has 0 atom stereocenters. The Morgan fingerprint density at radius 1 is 1.50 bits per heavy atom. The molecule has 0 aliphatic rings. The van der Waals surface area contributed by atoms with E-state index < -0.39 is 5.97 Å². The molecule has 0 radical (unpaired) electrons. The Kier molecular flexibility index (Phi) is 6.70. The second-order valence-corrected chi connectivity index (χ2v) is 4.96. The lowest BCUT2D eigenvalue weighted by Crippen LogP contribution is -2.28. The van der Waals surface area contributed by atoms with E-state index in [1.165, 1.54) is 11.3 Å². The van der Waals surface area contributed by atoms with Crippen LogP contribution >= 0.6 is 22.9 Å². The molecule has 0 fully saturated rings. The topological polar surface area (TPSA) is 75.6 Å². The third kappa shape index (κ3) is 6.58. The minimum absolute atomic E-state index is 0.0848. The second kappa shape index (κ2) is 8.07. The van der Waals surface area contributed by atoms with Gasteiger partial charge in [-0.1, -0.05) is 11.6 Å². The Bertz CT molecular complexity index is 408. The molecule has 0 saturated carbocycles. The molecule has 1 aromatic heterocycles. The summed E-state index contributed by atoms with van der Waals surface area (Å²) < 4.78 is 4.78. The standard InChI is InChI=1S/C11H14ClNO4S/c12-8-5-9(18-7-8)1-2-10(14)13-3-4-17-6-11(15)16/h5,7H,1-4,6H2,(H,13,14)(H,15,16). The summed E-state index contributed by atoms with van der Waals surface area (Å²) in [7, 11) is 0. The van der Waals surface area contributed by atoms with E-state index in [0.717, 1.165) is 4.88 Å². The summed E-state index contributed by atoms with van der Waals surface area (Å²) in [5.74, 6) is -1.10. The molecular weight excluding hydrogens is 278 g/mol. The van der Waals surface area contributed by atoms with Crippen molar-refractivity contribution in [3.63, 3.8) is 0 Å². The van der Waals surface area contributed by atoms with Gasteiger partial charge < -0.3 is 15.2 Å². The van der Waals surface area contributed by atoms with Crippen LogP contribution in [-0.2, 0) is 20.7 Å². The van der Waals surface area contributed by atoms with Gasteiger partial charge in [0.1, 0.15) is 6.61 Å². The van der Waals surface area contributed by atoms with E-state index in [9.17, 15) is 9.59 Å². The Morgan fingerprint density at radius 3 is 2.89 bits per heavy atom. The van der Waals surface area contributed by atoms with Crippen LogP contribution < -0.4 is 5.32 Å². The van der Waals surface area contributed by atoms with Crippen LogP contribution in [0, 0.1) is 0 Å². The van der Waals surface area contributed by atoms with Crippen LogP contribution in [0.5, 0.6) is 0 Å². The van der Waals surface area contributed by atoms with E-state index in [0.29, 0.717) is 24.4 Å². The zero-order valence-corrected chi connectivity index (χ0v) is 11.2. The number of rotatable bonds is 8. The van der Waals surface area contributed by atoms with E-state index >= 15 is 0 Å². The fraction of sp³-hybridized carbons (Fsp3) is 0.455. The van der Waals surface area contributed by atoms with Crippen molar-refractivity contribution in [2.45, 2.75) is 12.8 Å². The van der Waals surface area contributed by atoms with Crippen molar-refractivity contribution >= 4 is 34.8 Å². The Balaban J connectivity index is 2.05. The number of carboxylic acids is 1. The van der Waals surface area contributed by atoms with Crippen LogP contribution in [0.4, 0.5) is 0 Å². The molecule has 1 aromatic rings. The summed E-state index contributed by atoms with van der Waals surface area (Å²) in [6.07, 6.45) is 1.04. The Hall–Kier alpha value is -1.11. The number of hydrogen-bond donors (Lipinski definition) is 2. The lowest BCUT2D eigenvalue weighted by Gasteiger charge is -2.04. The minimum atomic E-state index is -1.02. The molecule has 7 heteroatoms. The molecule has 0 bridgehead atoms. The summed E-state index contributed by atoms with van der Waals surface area (Å²) in [4.78, 5) is 22.6. The maximum Gasteiger partial charge on any atom is 0.329 e. The number of carbonyl (C=O) groups excluding carboxylic acids is 1. The number of ether oxygens (including phenoxy) is 1. The molecule has 2 N–H and O–H groups in total. The molecule has 100 valence electrons. The van der Waals surface area contributed by atoms with Crippen LogP contribution in [0.25, 0.3) is 0 Å². The largest absolute Gasteiger partial charge is 0.480 e. The van der Waals surface area contributed by atoms with Crippen molar-refractivity contribution in [1.82, 2.24) is 5.32 Å². The molecule has 1 amide bonds. The van der Waals surface area contributed by atoms with Gasteiger partial charge in [-0.2, -0.15) is 0 Å². The van der Waals surface area contributed by atoms with Crippen LogP contribution in [-0.4, -0.2) is 36.7 Å². The predicted molar refractivity (Wildman–Crippen MR) is 69.1 cm³/mol. The third-order valence-corrected chi connectivity index (χ3v) is 3.36. The second-order valence-electron chi connectivity index (χ2n) is 3.53. The number of aryl methyl sites for hydroxylation is 1. The Morgan fingerprint density at radius 2 is 2.28 bits per heavy atom. The van der Waals surface area contributed by atoms with Gasteiger partial charge in [-0.15, -0.1) is 11.3 Å². The van der Waals surface area contributed by atoms with Crippen LogP contribution in [0.2, 0.25) is 5.02 Å². The van der Waals surface area contributed by atoms with E-state index in [1.807, 2.05) is 11.4 Å². The monoisotopic (exact) mass is 291 g/mol. The van der Waals surface area contributed by atoms with Crippen LogP contribution in [0.15, 0.2) is 11.4 Å².